The van der Waals surface area contributed by atoms with E-state index in [2.05, 4.69) is 9.71 Å². The van der Waals surface area contributed by atoms with Gasteiger partial charge in [-0.2, -0.15) is 0 Å². The van der Waals surface area contributed by atoms with Crippen molar-refractivity contribution >= 4 is 51.3 Å². The quantitative estimate of drug-likeness (QED) is 0.306. The van der Waals surface area contributed by atoms with Gasteiger partial charge in [0.15, 0.2) is 5.96 Å². The molecule has 0 spiro atoms. The van der Waals surface area contributed by atoms with E-state index >= 15 is 0 Å². The van der Waals surface area contributed by atoms with Crippen molar-refractivity contribution in [1.29, 1.82) is 0 Å². The highest BCUT2D eigenvalue weighted by molar-refractivity contribution is 14.0. The lowest BCUT2D eigenvalue weighted by Crippen LogP contribution is -2.36. The SMILES string of the molecule is CN(C(N)=NCCNS(=O)(=O)c1cccs1)C1CC1.I. The van der Waals surface area contributed by atoms with Crippen molar-refractivity contribution in [3.8, 4) is 0 Å². The lowest BCUT2D eigenvalue weighted by atomic mass is 10.6. The van der Waals surface area contributed by atoms with Crippen LogP contribution in [0.5, 0.6) is 0 Å². The molecule has 0 unspecified atom stereocenters. The first-order valence-corrected chi connectivity index (χ1v) is 8.43. The van der Waals surface area contributed by atoms with Crippen LogP contribution < -0.4 is 10.5 Å². The molecule has 1 saturated carbocycles. The molecule has 6 nitrogen and oxygen atoms in total. The first kappa shape index (κ1) is 17.7. The van der Waals surface area contributed by atoms with Crippen molar-refractivity contribution in [3.63, 3.8) is 0 Å². The van der Waals surface area contributed by atoms with Crippen LogP contribution in [0.1, 0.15) is 12.8 Å². The Morgan fingerprint density at radius 2 is 2.30 bits per heavy atom. The minimum atomic E-state index is -3.39. The Hall–Kier alpha value is -0.390. The van der Waals surface area contributed by atoms with E-state index in [-0.39, 0.29) is 30.5 Å². The summed E-state index contributed by atoms with van der Waals surface area (Å²) in [5.74, 6) is 0.470. The number of nitrogens with two attached hydrogens (primary N) is 1. The number of sulfonamides is 1. The molecule has 0 bridgehead atoms. The Balaban J connectivity index is 0.00000200. The van der Waals surface area contributed by atoms with Gasteiger partial charge in [-0.25, -0.2) is 13.1 Å². The number of thiophene rings is 1. The molecule has 0 radical (unpaired) electrons. The zero-order chi connectivity index (χ0) is 13.9. The van der Waals surface area contributed by atoms with Gasteiger partial charge in [-0.15, -0.1) is 35.3 Å². The second kappa shape index (κ2) is 7.57. The van der Waals surface area contributed by atoms with Gasteiger partial charge in [0, 0.05) is 19.6 Å². The molecule has 0 amide bonds. The van der Waals surface area contributed by atoms with Crippen molar-refractivity contribution in [2.24, 2.45) is 10.7 Å². The molecule has 9 heteroatoms. The number of rotatable bonds is 6. The average molecular weight is 430 g/mol. The number of hydrogen-bond donors (Lipinski definition) is 2. The maximum atomic E-state index is 11.8. The highest BCUT2D eigenvalue weighted by atomic mass is 127. The van der Waals surface area contributed by atoms with Crippen LogP contribution in [-0.2, 0) is 10.0 Å². The van der Waals surface area contributed by atoms with E-state index < -0.39 is 10.0 Å². The minimum absolute atomic E-state index is 0. The summed E-state index contributed by atoms with van der Waals surface area (Å²) in [6, 6.07) is 3.79. The fourth-order valence-electron chi connectivity index (χ4n) is 1.60. The molecule has 1 heterocycles. The van der Waals surface area contributed by atoms with Crippen LogP contribution in [0.2, 0.25) is 0 Å². The normalized spacial score (nSPS) is 15.8. The maximum absolute atomic E-state index is 11.8. The Morgan fingerprint density at radius 1 is 1.60 bits per heavy atom. The molecule has 0 aromatic carbocycles. The molecule has 1 fully saturated rings. The van der Waals surface area contributed by atoms with Gasteiger partial charge in [-0.1, -0.05) is 6.07 Å². The van der Waals surface area contributed by atoms with Crippen LogP contribution in [0.25, 0.3) is 0 Å². The zero-order valence-corrected chi connectivity index (χ0v) is 15.1. The number of aliphatic imine (C=N–C) groups is 1. The van der Waals surface area contributed by atoms with Crippen LogP contribution in [-0.4, -0.2) is 45.5 Å². The largest absolute Gasteiger partial charge is 0.370 e. The highest BCUT2D eigenvalue weighted by Crippen LogP contribution is 2.24. The van der Waals surface area contributed by atoms with E-state index in [4.69, 9.17) is 5.73 Å². The lowest BCUT2D eigenvalue weighted by Gasteiger charge is -2.16. The third-order valence-corrected chi connectivity index (χ3v) is 5.75. The van der Waals surface area contributed by atoms with Crippen molar-refractivity contribution in [2.45, 2.75) is 23.1 Å². The monoisotopic (exact) mass is 430 g/mol. The molecule has 0 saturated heterocycles. The second-order valence-corrected chi connectivity index (χ2v) is 7.35. The van der Waals surface area contributed by atoms with E-state index in [0.29, 0.717) is 22.8 Å². The van der Waals surface area contributed by atoms with Crippen molar-refractivity contribution < 1.29 is 8.42 Å². The Kier molecular flexibility index (Phi) is 6.69. The fourth-order valence-corrected chi connectivity index (χ4v) is 3.66. The molecule has 1 aromatic heterocycles. The number of nitrogens with zero attached hydrogens (tertiary/aromatic N) is 2. The summed E-state index contributed by atoms with van der Waals surface area (Å²) < 4.78 is 26.4. The van der Waals surface area contributed by atoms with Crippen molar-refractivity contribution in [2.75, 3.05) is 20.1 Å². The summed E-state index contributed by atoms with van der Waals surface area (Å²) in [4.78, 5) is 6.10. The van der Waals surface area contributed by atoms with Crippen molar-refractivity contribution in [3.05, 3.63) is 17.5 Å². The molecular weight excluding hydrogens is 411 g/mol. The van der Waals surface area contributed by atoms with Crippen molar-refractivity contribution in [1.82, 2.24) is 9.62 Å². The molecule has 1 aliphatic carbocycles. The number of hydrogen-bond acceptors (Lipinski definition) is 4. The minimum Gasteiger partial charge on any atom is -0.370 e. The van der Waals surface area contributed by atoms with Crippen LogP contribution in [0.4, 0.5) is 0 Å². The predicted octanol–water partition coefficient (Wildman–Crippen LogP) is 1.05. The maximum Gasteiger partial charge on any atom is 0.250 e. The van der Waals surface area contributed by atoms with Gasteiger partial charge in [0.05, 0.1) is 6.54 Å². The smallest absolute Gasteiger partial charge is 0.250 e. The molecule has 0 atom stereocenters. The van der Waals surface area contributed by atoms with Crippen LogP contribution in [0, 0.1) is 0 Å². The molecule has 2 rings (SSSR count). The van der Waals surface area contributed by atoms with Gasteiger partial charge in [0.2, 0.25) is 10.0 Å². The van der Waals surface area contributed by atoms with Crippen LogP contribution >= 0.6 is 35.3 Å². The molecule has 1 aromatic rings. The van der Waals surface area contributed by atoms with Gasteiger partial charge in [-0.3, -0.25) is 4.99 Å². The van der Waals surface area contributed by atoms with Gasteiger partial charge in [0.25, 0.3) is 0 Å². The third-order valence-electron chi connectivity index (χ3n) is 2.89. The van der Waals surface area contributed by atoms with E-state index in [0.717, 1.165) is 12.8 Å². The van der Waals surface area contributed by atoms with Crippen LogP contribution in [0.3, 0.4) is 0 Å². The standard InChI is InChI=1S/C11H18N4O2S2.HI/c1-15(9-4-5-9)11(12)13-6-7-14-19(16,17)10-3-2-8-18-10;/h2-3,8-9,14H,4-7H2,1H3,(H2,12,13);1H. The molecular formula is C11H19IN4O2S2. The van der Waals surface area contributed by atoms with E-state index in [1.165, 1.54) is 11.3 Å². The summed E-state index contributed by atoms with van der Waals surface area (Å²) >= 11 is 1.19. The Morgan fingerprint density at radius 3 is 2.85 bits per heavy atom. The van der Waals surface area contributed by atoms with Gasteiger partial charge in [0.1, 0.15) is 4.21 Å². The number of guanidine groups is 1. The fraction of sp³-hybridized carbons (Fsp3) is 0.545. The van der Waals surface area contributed by atoms with Gasteiger partial charge in [-0.05, 0) is 24.3 Å². The molecule has 0 aliphatic heterocycles. The first-order valence-electron chi connectivity index (χ1n) is 6.06. The average Bonchev–Trinajstić information content (AvgIpc) is 3.07. The first-order chi connectivity index (χ1) is 9.00. The topological polar surface area (TPSA) is 87.8 Å². The highest BCUT2D eigenvalue weighted by Gasteiger charge is 2.27. The van der Waals surface area contributed by atoms with Gasteiger partial charge >= 0.3 is 0 Å². The van der Waals surface area contributed by atoms with E-state index in [9.17, 15) is 8.42 Å². The molecule has 114 valence electrons. The molecule has 1 aliphatic rings. The second-order valence-electron chi connectivity index (χ2n) is 4.41. The number of halogens is 1. The predicted molar refractivity (Wildman–Crippen MR) is 92.2 cm³/mol. The summed E-state index contributed by atoms with van der Waals surface area (Å²) in [5, 5.41) is 1.73. The third kappa shape index (κ3) is 4.86. The Labute approximate surface area is 140 Å². The van der Waals surface area contributed by atoms with E-state index in [1.807, 2.05) is 11.9 Å². The summed E-state index contributed by atoms with van der Waals surface area (Å²) in [6.07, 6.45) is 2.30. The molecule has 20 heavy (non-hydrogen) atoms. The zero-order valence-electron chi connectivity index (χ0n) is 11.2. The summed E-state index contributed by atoms with van der Waals surface area (Å²) in [7, 11) is -1.49. The van der Waals surface area contributed by atoms with Crippen LogP contribution in [0.15, 0.2) is 26.7 Å². The summed E-state index contributed by atoms with van der Waals surface area (Å²) in [6.45, 7) is 0.590. The summed E-state index contributed by atoms with van der Waals surface area (Å²) in [5.41, 5.74) is 5.80. The van der Waals surface area contributed by atoms with Gasteiger partial charge < -0.3 is 10.6 Å². The van der Waals surface area contributed by atoms with E-state index in [1.54, 1.807) is 17.5 Å². The number of nitrogens with one attached hydrogen (secondary N) is 1. The Bertz CT molecular complexity index is 541. The molecule has 3 N–H and O–H groups in total. The lowest BCUT2D eigenvalue weighted by molar-refractivity contribution is 0.487.